The Morgan fingerprint density at radius 3 is 2.48 bits per heavy atom. The van der Waals surface area contributed by atoms with E-state index in [4.69, 9.17) is 5.14 Å². The minimum absolute atomic E-state index is 0.0535. The average molecular weight is 355 g/mol. The molecule has 9 nitrogen and oxygen atoms in total. The lowest BCUT2D eigenvalue weighted by Crippen LogP contribution is -2.11. The molecule has 4 aromatic rings. The normalized spacial score (nSPS) is 11.9. The summed E-state index contributed by atoms with van der Waals surface area (Å²) in [6, 6.07) is 13.8. The lowest BCUT2D eigenvalue weighted by atomic mass is 10.2. The highest BCUT2D eigenvalue weighted by Gasteiger charge is 2.10. The number of hydrogen-bond donors (Lipinski definition) is 1. The van der Waals surface area contributed by atoms with Gasteiger partial charge in [-0.1, -0.05) is 34.7 Å². The monoisotopic (exact) mass is 355 g/mol. The van der Waals surface area contributed by atoms with Crippen molar-refractivity contribution >= 4 is 21.1 Å². The van der Waals surface area contributed by atoms with E-state index in [9.17, 15) is 8.42 Å². The molecular weight excluding hydrogens is 342 g/mol. The van der Waals surface area contributed by atoms with Crippen molar-refractivity contribution < 1.29 is 8.42 Å². The van der Waals surface area contributed by atoms with Crippen LogP contribution in [0.5, 0.6) is 0 Å². The van der Waals surface area contributed by atoms with Crippen LogP contribution in [0.25, 0.3) is 22.3 Å². The summed E-state index contributed by atoms with van der Waals surface area (Å²) in [4.78, 5) is 0.0535. The Hall–Kier alpha value is -3.11. The molecule has 0 saturated carbocycles. The summed E-state index contributed by atoms with van der Waals surface area (Å²) in [6.45, 7) is 0.364. The third-order valence-corrected chi connectivity index (χ3v) is 4.65. The number of aromatic nitrogens is 6. The van der Waals surface area contributed by atoms with E-state index in [1.807, 2.05) is 24.3 Å². The minimum Gasteiger partial charge on any atom is -0.230 e. The molecule has 0 aliphatic heterocycles. The van der Waals surface area contributed by atoms with Gasteiger partial charge in [-0.2, -0.15) is 0 Å². The molecule has 0 amide bonds. The van der Waals surface area contributed by atoms with Crippen molar-refractivity contribution in [3.05, 3.63) is 54.7 Å². The van der Waals surface area contributed by atoms with Gasteiger partial charge in [0, 0.05) is 5.56 Å². The standard InChI is InChI=1S/C15H13N7O2S/c16-25(23,24)12-7-5-11(6-8-12)14-9-21(19-18-14)10-22-15-4-2-1-3-13(15)17-20-22/h1-9H,10H2,(H2,16,23,24). The molecule has 2 aromatic carbocycles. The molecule has 126 valence electrons. The van der Waals surface area contributed by atoms with Crippen LogP contribution in [-0.4, -0.2) is 38.4 Å². The number of primary sulfonamides is 1. The Bertz CT molecular complexity index is 1150. The average Bonchev–Trinajstić information content (AvgIpc) is 3.22. The van der Waals surface area contributed by atoms with Gasteiger partial charge in [0.15, 0.2) is 0 Å². The predicted octanol–water partition coefficient (Wildman–Crippen LogP) is 0.843. The molecule has 2 aromatic heterocycles. The molecule has 4 rings (SSSR count). The number of hydrogen-bond acceptors (Lipinski definition) is 6. The Morgan fingerprint density at radius 1 is 0.960 bits per heavy atom. The summed E-state index contributed by atoms with van der Waals surface area (Å²) in [5.41, 5.74) is 3.06. The van der Waals surface area contributed by atoms with Crippen LogP contribution in [-0.2, 0) is 16.7 Å². The number of fused-ring (bicyclic) bond motifs is 1. The Labute approximate surface area is 142 Å². The summed E-state index contributed by atoms with van der Waals surface area (Å²) in [7, 11) is -3.71. The third-order valence-electron chi connectivity index (χ3n) is 3.72. The molecule has 0 aliphatic rings. The first kappa shape index (κ1) is 15.4. The van der Waals surface area contributed by atoms with Crippen molar-refractivity contribution in [2.75, 3.05) is 0 Å². The molecule has 0 aliphatic carbocycles. The van der Waals surface area contributed by atoms with E-state index in [0.29, 0.717) is 12.4 Å². The quantitative estimate of drug-likeness (QED) is 0.579. The van der Waals surface area contributed by atoms with Gasteiger partial charge in [0.1, 0.15) is 17.9 Å². The second kappa shape index (κ2) is 5.76. The molecule has 2 heterocycles. The fourth-order valence-corrected chi connectivity index (χ4v) is 2.99. The third kappa shape index (κ3) is 2.99. The highest BCUT2D eigenvalue weighted by Crippen LogP contribution is 2.18. The maximum atomic E-state index is 11.3. The van der Waals surface area contributed by atoms with E-state index < -0.39 is 10.0 Å². The second-order valence-corrected chi connectivity index (χ2v) is 6.99. The van der Waals surface area contributed by atoms with Crippen LogP contribution in [0.1, 0.15) is 0 Å². The summed E-state index contributed by atoms with van der Waals surface area (Å²) in [5, 5.41) is 21.5. The second-order valence-electron chi connectivity index (χ2n) is 5.43. The van der Waals surface area contributed by atoms with E-state index >= 15 is 0 Å². The maximum absolute atomic E-state index is 11.3. The van der Waals surface area contributed by atoms with Gasteiger partial charge in [-0.05, 0) is 24.3 Å². The number of rotatable bonds is 4. The summed E-state index contributed by atoms with van der Waals surface area (Å²) in [5.74, 6) is 0. The number of benzene rings is 2. The van der Waals surface area contributed by atoms with Gasteiger partial charge in [-0.25, -0.2) is 22.9 Å². The van der Waals surface area contributed by atoms with Crippen molar-refractivity contribution in [2.24, 2.45) is 5.14 Å². The van der Waals surface area contributed by atoms with E-state index in [1.165, 1.54) is 12.1 Å². The first-order valence-corrected chi connectivity index (χ1v) is 8.87. The van der Waals surface area contributed by atoms with Crippen molar-refractivity contribution in [2.45, 2.75) is 11.6 Å². The first-order chi connectivity index (χ1) is 12.0. The van der Waals surface area contributed by atoms with E-state index in [2.05, 4.69) is 20.6 Å². The van der Waals surface area contributed by atoms with Crippen LogP contribution < -0.4 is 5.14 Å². The lowest BCUT2D eigenvalue weighted by molar-refractivity contribution is 0.489. The maximum Gasteiger partial charge on any atom is 0.238 e. The number of para-hydroxylation sites is 1. The zero-order valence-corrected chi connectivity index (χ0v) is 13.7. The minimum atomic E-state index is -3.71. The summed E-state index contributed by atoms with van der Waals surface area (Å²) < 4.78 is 25.9. The van der Waals surface area contributed by atoms with Crippen LogP contribution in [0.3, 0.4) is 0 Å². The SMILES string of the molecule is NS(=O)(=O)c1ccc(-c2cn(Cn3nnc4ccccc43)nn2)cc1. The fourth-order valence-electron chi connectivity index (χ4n) is 2.47. The van der Waals surface area contributed by atoms with Gasteiger partial charge in [-0.15, -0.1) is 10.2 Å². The molecule has 0 saturated heterocycles. The van der Waals surface area contributed by atoms with Gasteiger partial charge in [0.2, 0.25) is 10.0 Å². The van der Waals surface area contributed by atoms with Gasteiger partial charge < -0.3 is 0 Å². The molecule has 0 spiro atoms. The molecule has 25 heavy (non-hydrogen) atoms. The smallest absolute Gasteiger partial charge is 0.230 e. The van der Waals surface area contributed by atoms with E-state index in [-0.39, 0.29) is 4.90 Å². The summed E-state index contributed by atoms with van der Waals surface area (Å²) in [6.07, 6.45) is 1.75. The molecule has 0 unspecified atom stereocenters. The first-order valence-electron chi connectivity index (χ1n) is 7.32. The fraction of sp³-hybridized carbons (Fsp3) is 0.0667. The van der Waals surface area contributed by atoms with Crippen molar-refractivity contribution in [1.82, 2.24) is 30.0 Å². The molecular formula is C15H13N7O2S. The number of nitrogens with two attached hydrogens (primary N) is 1. The van der Waals surface area contributed by atoms with Gasteiger partial charge in [-0.3, -0.25) is 0 Å². The Kier molecular flexibility index (Phi) is 3.55. The highest BCUT2D eigenvalue weighted by molar-refractivity contribution is 7.89. The molecule has 10 heteroatoms. The highest BCUT2D eigenvalue weighted by atomic mass is 32.2. The van der Waals surface area contributed by atoms with E-state index in [0.717, 1.165) is 16.6 Å². The van der Waals surface area contributed by atoms with Crippen LogP contribution in [0.2, 0.25) is 0 Å². The van der Waals surface area contributed by atoms with Gasteiger partial charge >= 0.3 is 0 Å². The molecule has 0 fully saturated rings. The Balaban J connectivity index is 1.60. The Morgan fingerprint density at radius 2 is 1.72 bits per heavy atom. The molecule has 0 radical (unpaired) electrons. The van der Waals surface area contributed by atoms with Gasteiger partial charge in [0.05, 0.1) is 16.6 Å². The zero-order valence-electron chi connectivity index (χ0n) is 12.9. The molecule has 0 bridgehead atoms. The van der Waals surface area contributed by atoms with Crippen LogP contribution in [0, 0.1) is 0 Å². The van der Waals surface area contributed by atoms with E-state index in [1.54, 1.807) is 27.7 Å². The van der Waals surface area contributed by atoms with Crippen molar-refractivity contribution in [3.8, 4) is 11.3 Å². The topological polar surface area (TPSA) is 122 Å². The van der Waals surface area contributed by atoms with Crippen LogP contribution in [0.4, 0.5) is 0 Å². The van der Waals surface area contributed by atoms with Gasteiger partial charge in [0.25, 0.3) is 0 Å². The van der Waals surface area contributed by atoms with Crippen LogP contribution in [0.15, 0.2) is 59.6 Å². The molecule has 2 N–H and O–H groups in total. The largest absolute Gasteiger partial charge is 0.238 e. The van der Waals surface area contributed by atoms with Crippen molar-refractivity contribution in [3.63, 3.8) is 0 Å². The van der Waals surface area contributed by atoms with Crippen LogP contribution >= 0.6 is 0 Å². The zero-order chi connectivity index (χ0) is 17.4. The molecule has 0 atom stereocenters. The number of sulfonamides is 1. The lowest BCUT2D eigenvalue weighted by Gasteiger charge is -2.01. The van der Waals surface area contributed by atoms with Crippen molar-refractivity contribution in [1.29, 1.82) is 0 Å². The summed E-state index contributed by atoms with van der Waals surface area (Å²) >= 11 is 0. The number of nitrogens with zero attached hydrogens (tertiary/aromatic N) is 6. The predicted molar refractivity (Wildman–Crippen MR) is 89.8 cm³/mol.